The van der Waals surface area contributed by atoms with E-state index in [9.17, 15) is 4.79 Å². The third-order valence-electron chi connectivity index (χ3n) is 2.77. The molecule has 2 heterocycles. The first-order chi connectivity index (χ1) is 6.27. The molecule has 1 unspecified atom stereocenters. The van der Waals surface area contributed by atoms with Crippen LogP contribution in [-0.4, -0.2) is 16.1 Å². The summed E-state index contributed by atoms with van der Waals surface area (Å²) >= 11 is 0. The summed E-state index contributed by atoms with van der Waals surface area (Å²) in [7, 11) is 0. The third kappa shape index (κ3) is 0.728. The van der Waals surface area contributed by atoms with E-state index in [2.05, 4.69) is 4.98 Å². The quantitative estimate of drug-likeness (QED) is 0.686. The molecule has 68 valence electrons. The summed E-state index contributed by atoms with van der Waals surface area (Å²) in [5.74, 6) is -0.417. The Morgan fingerprint density at radius 1 is 1.62 bits per heavy atom. The van der Waals surface area contributed by atoms with Crippen LogP contribution < -0.4 is 4.74 Å². The van der Waals surface area contributed by atoms with Crippen molar-refractivity contribution in [2.75, 3.05) is 0 Å². The first-order valence-corrected chi connectivity index (χ1v) is 4.42. The number of hydrogen-bond acceptors (Lipinski definition) is 2. The number of carboxylic acids is 1. The molecule has 4 nitrogen and oxygen atoms in total. The Morgan fingerprint density at radius 3 is 3.08 bits per heavy atom. The Hall–Kier alpha value is -1.45. The number of nitrogens with one attached hydrogen (secondary N) is 1. The van der Waals surface area contributed by atoms with Gasteiger partial charge in [0.1, 0.15) is 11.7 Å². The third-order valence-corrected chi connectivity index (χ3v) is 2.77. The number of H-pyrrole nitrogens is 1. The van der Waals surface area contributed by atoms with Gasteiger partial charge >= 0.3 is 5.97 Å². The van der Waals surface area contributed by atoms with Crippen LogP contribution in [-0.2, 0) is 6.42 Å². The van der Waals surface area contributed by atoms with E-state index in [-0.39, 0.29) is 6.10 Å². The highest BCUT2D eigenvalue weighted by atomic mass is 16.5. The van der Waals surface area contributed by atoms with Gasteiger partial charge in [-0.05, 0) is 19.3 Å². The molecule has 0 fully saturated rings. The predicted molar refractivity (Wildman–Crippen MR) is 44.1 cm³/mol. The molecule has 0 spiro atoms. The molecule has 3 rings (SSSR count). The number of hydrogen-bond donors (Lipinski definition) is 2. The van der Waals surface area contributed by atoms with Crippen molar-refractivity contribution in [3.05, 3.63) is 16.8 Å². The minimum Gasteiger partial charge on any atom is -0.477 e. The van der Waals surface area contributed by atoms with Gasteiger partial charge in [0.2, 0.25) is 5.88 Å². The lowest BCUT2D eigenvalue weighted by molar-refractivity contribution is 0.0696. The van der Waals surface area contributed by atoms with Gasteiger partial charge in [-0.15, -0.1) is 0 Å². The average Bonchev–Trinajstić information content (AvgIpc) is 2.55. The zero-order chi connectivity index (χ0) is 9.00. The van der Waals surface area contributed by atoms with Crippen molar-refractivity contribution in [1.82, 2.24) is 4.98 Å². The number of aromatic carboxylic acids is 1. The molecular formula is C9H9NO3. The maximum Gasteiger partial charge on any atom is 0.341 e. The second kappa shape index (κ2) is 2.07. The van der Waals surface area contributed by atoms with Crippen LogP contribution in [0.15, 0.2) is 0 Å². The molecule has 2 aliphatic rings. The number of carboxylic acid groups (broad SMARTS) is 1. The second-order valence-electron chi connectivity index (χ2n) is 3.53. The van der Waals surface area contributed by atoms with E-state index in [1.165, 1.54) is 0 Å². The number of fused-ring (bicyclic) bond motifs is 1. The summed E-state index contributed by atoms with van der Waals surface area (Å²) in [6.07, 6.45) is 3.00. The van der Waals surface area contributed by atoms with Gasteiger partial charge in [0.25, 0.3) is 0 Å². The van der Waals surface area contributed by atoms with E-state index in [4.69, 9.17) is 9.84 Å². The van der Waals surface area contributed by atoms with Gasteiger partial charge in [0, 0.05) is 11.3 Å². The number of aromatic nitrogens is 1. The molecule has 4 heteroatoms. The van der Waals surface area contributed by atoms with Gasteiger partial charge in [-0.25, -0.2) is 4.79 Å². The molecular weight excluding hydrogens is 170 g/mol. The normalized spacial score (nSPS) is 22.9. The number of ether oxygens (including phenoxy) is 1. The van der Waals surface area contributed by atoms with Crippen LogP contribution in [0.1, 0.15) is 40.6 Å². The standard InChI is InChI=1S/C9H9NO3/c11-9(12)7-6-4-2-1-3-5(6)13-8(7)10-4/h5,10H,1-3H2,(H,11,12). The molecule has 1 aliphatic carbocycles. The van der Waals surface area contributed by atoms with E-state index in [1.54, 1.807) is 0 Å². The summed E-state index contributed by atoms with van der Waals surface area (Å²) in [6.45, 7) is 0. The lowest BCUT2D eigenvalue weighted by Gasteiger charge is -2.22. The first kappa shape index (κ1) is 7.00. The summed E-state index contributed by atoms with van der Waals surface area (Å²) < 4.78 is 5.43. The van der Waals surface area contributed by atoms with Crippen LogP contribution in [0.4, 0.5) is 0 Å². The van der Waals surface area contributed by atoms with Crippen molar-refractivity contribution in [2.45, 2.75) is 25.4 Å². The Bertz CT molecular complexity index is 394. The Balaban J connectivity index is 2.24. The molecule has 13 heavy (non-hydrogen) atoms. The van der Waals surface area contributed by atoms with Crippen molar-refractivity contribution in [3.8, 4) is 5.88 Å². The predicted octanol–water partition coefficient (Wildman–Crippen LogP) is 1.48. The van der Waals surface area contributed by atoms with Gasteiger partial charge in [0.05, 0.1) is 0 Å². The summed E-state index contributed by atoms with van der Waals surface area (Å²) in [4.78, 5) is 13.9. The minimum absolute atomic E-state index is 0.0195. The largest absolute Gasteiger partial charge is 0.477 e. The minimum atomic E-state index is -0.878. The molecule has 0 radical (unpaired) electrons. The van der Waals surface area contributed by atoms with E-state index >= 15 is 0 Å². The Labute approximate surface area is 74.5 Å². The average molecular weight is 179 g/mol. The monoisotopic (exact) mass is 179 g/mol. The molecule has 1 aromatic rings. The SMILES string of the molecule is O=C(O)c1c2[nH]c3c1C(CCC3)O2. The van der Waals surface area contributed by atoms with Gasteiger partial charge < -0.3 is 14.8 Å². The van der Waals surface area contributed by atoms with E-state index in [0.717, 1.165) is 30.5 Å². The molecule has 2 N–H and O–H groups in total. The van der Waals surface area contributed by atoms with Gasteiger partial charge in [-0.3, -0.25) is 0 Å². The maximum atomic E-state index is 10.9. The lowest BCUT2D eigenvalue weighted by atomic mass is 9.93. The Morgan fingerprint density at radius 2 is 2.46 bits per heavy atom. The molecule has 0 saturated heterocycles. The molecule has 2 bridgehead atoms. The van der Waals surface area contributed by atoms with Crippen LogP contribution >= 0.6 is 0 Å². The summed E-state index contributed by atoms with van der Waals surface area (Å²) in [5, 5.41) is 8.94. The molecule has 0 amide bonds. The van der Waals surface area contributed by atoms with Gasteiger partial charge in [0.15, 0.2) is 0 Å². The molecule has 1 aromatic heterocycles. The number of carbonyl (C=O) groups is 1. The van der Waals surface area contributed by atoms with Crippen LogP contribution in [0, 0.1) is 0 Å². The van der Waals surface area contributed by atoms with E-state index < -0.39 is 5.97 Å². The van der Waals surface area contributed by atoms with E-state index in [1.807, 2.05) is 0 Å². The fourth-order valence-corrected chi connectivity index (χ4v) is 2.26. The van der Waals surface area contributed by atoms with Crippen LogP contribution in [0.3, 0.4) is 0 Å². The van der Waals surface area contributed by atoms with Crippen LogP contribution in [0.2, 0.25) is 0 Å². The van der Waals surface area contributed by atoms with Gasteiger partial charge in [-0.2, -0.15) is 0 Å². The van der Waals surface area contributed by atoms with Crippen LogP contribution in [0.5, 0.6) is 5.88 Å². The van der Waals surface area contributed by atoms with Crippen molar-refractivity contribution < 1.29 is 14.6 Å². The number of aryl methyl sites for hydroxylation is 1. The van der Waals surface area contributed by atoms with Crippen molar-refractivity contribution in [3.63, 3.8) is 0 Å². The van der Waals surface area contributed by atoms with Crippen molar-refractivity contribution >= 4 is 5.97 Å². The fourth-order valence-electron chi connectivity index (χ4n) is 2.26. The highest BCUT2D eigenvalue weighted by Crippen LogP contribution is 2.45. The summed E-state index contributed by atoms with van der Waals surface area (Å²) in [6, 6.07) is 0. The number of rotatable bonds is 1. The lowest BCUT2D eigenvalue weighted by Crippen LogP contribution is -2.15. The smallest absolute Gasteiger partial charge is 0.341 e. The second-order valence-corrected chi connectivity index (χ2v) is 3.53. The first-order valence-electron chi connectivity index (χ1n) is 4.42. The van der Waals surface area contributed by atoms with Gasteiger partial charge in [-0.1, -0.05) is 0 Å². The van der Waals surface area contributed by atoms with Crippen molar-refractivity contribution in [2.24, 2.45) is 0 Å². The maximum absolute atomic E-state index is 10.9. The Kier molecular flexibility index (Phi) is 1.12. The highest BCUT2D eigenvalue weighted by Gasteiger charge is 2.39. The zero-order valence-corrected chi connectivity index (χ0v) is 6.96. The fraction of sp³-hybridized carbons (Fsp3) is 0.444. The van der Waals surface area contributed by atoms with Crippen molar-refractivity contribution in [1.29, 1.82) is 0 Å². The highest BCUT2D eigenvalue weighted by molar-refractivity contribution is 5.94. The topological polar surface area (TPSA) is 62.3 Å². The molecule has 1 aliphatic heterocycles. The summed E-state index contributed by atoms with van der Waals surface area (Å²) in [5.41, 5.74) is 2.32. The molecule has 0 saturated carbocycles. The molecule has 1 atom stereocenters. The number of aromatic amines is 1. The zero-order valence-electron chi connectivity index (χ0n) is 6.96. The van der Waals surface area contributed by atoms with Crippen LogP contribution in [0.25, 0.3) is 0 Å². The van der Waals surface area contributed by atoms with E-state index in [0.29, 0.717) is 11.4 Å². The molecule has 0 aromatic carbocycles.